The van der Waals surface area contributed by atoms with E-state index in [-0.39, 0.29) is 102 Å². The molecule has 12 N–H and O–H groups in total. The number of likely N-dealkylation sites (tertiary alicyclic amines) is 1. The Morgan fingerprint density at radius 3 is 2.04 bits per heavy atom. The molecule has 5 atom stereocenters. The van der Waals surface area contributed by atoms with Crippen molar-refractivity contribution < 1.29 is 72.5 Å². The van der Waals surface area contributed by atoms with Crippen LogP contribution >= 0.6 is 11.8 Å². The first kappa shape index (κ1) is 62.3. The maximum atomic E-state index is 14.1. The van der Waals surface area contributed by atoms with Crippen molar-refractivity contribution in [3.63, 3.8) is 0 Å². The normalized spacial score (nSPS) is 21.8. The quantitative estimate of drug-likeness (QED) is 0.0137. The third kappa shape index (κ3) is 23.3. The number of imide groups is 1. The second kappa shape index (κ2) is 33.0. The number of carbonyl (C=O) groups excluding carboxylic acids is 10. The van der Waals surface area contributed by atoms with Crippen molar-refractivity contribution in [2.45, 2.75) is 81.2 Å². The fourth-order valence-corrected chi connectivity index (χ4v) is 9.55. The Balaban J connectivity index is 1.31. The van der Waals surface area contributed by atoms with Crippen LogP contribution in [0.2, 0.25) is 0 Å². The molecule has 29 heteroatoms. The zero-order valence-electron chi connectivity index (χ0n) is 42.8. The van der Waals surface area contributed by atoms with Crippen LogP contribution in [0.1, 0.15) is 56.9 Å². The second-order valence-electron chi connectivity index (χ2n) is 18.6. The maximum Gasteiger partial charge on any atom is 0.317 e. The Morgan fingerprint density at radius 2 is 1.38 bits per heavy atom. The van der Waals surface area contributed by atoms with Crippen LogP contribution in [0.5, 0.6) is 0 Å². The summed E-state index contributed by atoms with van der Waals surface area (Å²) < 4.78 is 4.88. The molecule has 0 aromatic heterocycles. The van der Waals surface area contributed by atoms with Gasteiger partial charge in [-0.3, -0.25) is 82.1 Å². The van der Waals surface area contributed by atoms with Crippen molar-refractivity contribution >= 4 is 89.2 Å². The molecule has 1 aromatic rings. The number of benzene rings is 1. The van der Waals surface area contributed by atoms with Gasteiger partial charge in [0.2, 0.25) is 47.3 Å². The highest BCUT2D eigenvalue weighted by molar-refractivity contribution is 8.01. The lowest BCUT2D eigenvalue weighted by molar-refractivity contribution is -0.141. The molecule has 77 heavy (non-hydrogen) atoms. The number of aliphatic carboxylic acids is 2. The second-order valence-corrected chi connectivity index (χ2v) is 19.8. The number of aliphatic imine (C=N–C) groups is 1. The molecular formula is C48H71N13O15S. The monoisotopic (exact) mass is 1100 g/mol. The van der Waals surface area contributed by atoms with Crippen LogP contribution in [0.15, 0.2) is 35.3 Å². The smallest absolute Gasteiger partial charge is 0.317 e. The van der Waals surface area contributed by atoms with E-state index in [0.29, 0.717) is 57.7 Å². The number of nitrogens with two attached hydrogens (primary N) is 2. The number of ketones is 1. The molecule has 3 heterocycles. The minimum absolute atomic E-state index is 0.00319. The van der Waals surface area contributed by atoms with Crippen molar-refractivity contribution in [2.75, 3.05) is 97.6 Å². The summed E-state index contributed by atoms with van der Waals surface area (Å²) in [5, 5.41) is 33.7. The molecule has 1 unspecified atom stereocenters. The Labute approximate surface area is 448 Å². The molecule has 3 aliphatic heterocycles. The van der Waals surface area contributed by atoms with E-state index in [1.54, 1.807) is 35.2 Å². The minimum Gasteiger partial charge on any atom is -0.481 e. The predicted octanol–water partition coefficient (Wildman–Crippen LogP) is -4.68. The minimum atomic E-state index is -1.54. The first-order valence-corrected chi connectivity index (χ1v) is 26.3. The number of rotatable bonds is 26. The Morgan fingerprint density at radius 1 is 0.740 bits per heavy atom. The standard InChI is InChI=1S/C48H71N13O15S/c49-48(50)53-12-6-10-33-45(73)54-25-38(64)55-35(23-42(68)69)36(63)22-32(21-31-7-2-1-3-8-31)44(72)56-34(46(74)57-33)9-4-5-11-51-40(66)28-77-37-24-41(67)61(47(37)75)14-13-52-39(65)26-58-15-16-59(27-43(70)71)18-20-60(19-17-58)29-76-30-62/h1-3,7-8,30,32-35,37H,4-6,9-29H2,(H,51,66)(H,52,65)(H,54,73)(H,55,64)(H,56,72)(H,57,74)(H,68,69)(H,70,71)(H4,49,50,53)/t32-,33+,34-,35+,37?/m1/s1. The summed E-state index contributed by atoms with van der Waals surface area (Å²) in [5.41, 5.74) is 11.5. The Hall–Kier alpha value is -7.24. The molecule has 0 saturated carbocycles. The lowest BCUT2D eigenvalue weighted by Gasteiger charge is -2.25. The van der Waals surface area contributed by atoms with Gasteiger partial charge in [0, 0.05) is 84.2 Å². The summed E-state index contributed by atoms with van der Waals surface area (Å²) in [5.74, 6) is -9.59. The van der Waals surface area contributed by atoms with E-state index in [4.69, 9.17) is 16.2 Å². The Bertz CT molecular complexity index is 2270. The topological polar surface area (TPSA) is 404 Å². The van der Waals surface area contributed by atoms with Gasteiger partial charge in [-0.25, -0.2) is 0 Å². The molecular weight excluding hydrogens is 1030 g/mol. The molecule has 0 aliphatic carbocycles. The first-order valence-electron chi connectivity index (χ1n) is 25.3. The van der Waals surface area contributed by atoms with Gasteiger partial charge < -0.3 is 58.3 Å². The van der Waals surface area contributed by atoms with Gasteiger partial charge in [0.05, 0.1) is 43.1 Å². The first-order chi connectivity index (χ1) is 36.8. The number of amides is 8. The third-order valence-electron chi connectivity index (χ3n) is 12.6. The van der Waals surface area contributed by atoms with Gasteiger partial charge in [-0.15, -0.1) is 11.8 Å². The highest BCUT2D eigenvalue weighted by Crippen LogP contribution is 2.25. The number of unbranched alkanes of at least 4 members (excludes halogenated alkanes) is 1. The maximum absolute atomic E-state index is 14.1. The molecule has 28 nitrogen and oxygen atoms in total. The Kier molecular flexibility index (Phi) is 26.7. The van der Waals surface area contributed by atoms with Crippen LogP contribution in [-0.2, 0) is 68.7 Å². The number of carboxylic acid groups (broad SMARTS) is 2. The average Bonchev–Trinajstić information content (AvgIpc) is 3.69. The largest absolute Gasteiger partial charge is 0.481 e. The summed E-state index contributed by atoms with van der Waals surface area (Å²) in [6.45, 7) is 2.00. The van der Waals surface area contributed by atoms with Gasteiger partial charge in [0.25, 0.3) is 6.47 Å². The van der Waals surface area contributed by atoms with E-state index < -0.39 is 108 Å². The number of guanidine groups is 1. The van der Waals surface area contributed by atoms with E-state index >= 15 is 0 Å². The lowest BCUT2D eigenvalue weighted by Crippen LogP contribution is -2.55. The van der Waals surface area contributed by atoms with E-state index in [9.17, 15) is 67.7 Å². The summed E-state index contributed by atoms with van der Waals surface area (Å²) in [6.07, 6.45) is -0.697. The van der Waals surface area contributed by atoms with E-state index in [1.165, 1.54) is 0 Å². The van der Waals surface area contributed by atoms with Crippen LogP contribution in [0, 0.1) is 5.92 Å². The number of thioether (sulfide) groups is 1. The van der Waals surface area contributed by atoms with Crippen molar-refractivity contribution in [3.05, 3.63) is 35.9 Å². The summed E-state index contributed by atoms with van der Waals surface area (Å²) in [6, 6.07) is 4.60. The number of Topliss-reactive ketones (excluding diaryl/α,β-unsaturated/α-hetero) is 1. The molecule has 424 valence electrons. The fraction of sp³-hybridized carbons (Fsp3) is 0.604. The van der Waals surface area contributed by atoms with Gasteiger partial charge in [-0.2, -0.15) is 0 Å². The molecule has 3 aliphatic rings. The van der Waals surface area contributed by atoms with Crippen molar-refractivity contribution in [1.29, 1.82) is 0 Å². The molecule has 3 saturated heterocycles. The van der Waals surface area contributed by atoms with E-state index in [2.05, 4.69) is 36.9 Å². The molecule has 1 aromatic carbocycles. The zero-order valence-corrected chi connectivity index (χ0v) is 43.6. The van der Waals surface area contributed by atoms with Crippen LogP contribution in [0.25, 0.3) is 0 Å². The van der Waals surface area contributed by atoms with Gasteiger partial charge in [0.1, 0.15) is 18.8 Å². The van der Waals surface area contributed by atoms with Gasteiger partial charge in [-0.1, -0.05) is 30.3 Å². The molecule has 0 radical (unpaired) electrons. The predicted molar refractivity (Wildman–Crippen MR) is 276 cm³/mol. The highest BCUT2D eigenvalue weighted by atomic mass is 32.2. The number of nitrogens with zero attached hydrogens (tertiary/aromatic N) is 5. The fourth-order valence-electron chi connectivity index (χ4n) is 8.57. The summed E-state index contributed by atoms with van der Waals surface area (Å²) in [4.78, 5) is 164. The molecule has 0 bridgehead atoms. The number of carboxylic acids is 2. The van der Waals surface area contributed by atoms with Gasteiger partial charge >= 0.3 is 11.9 Å². The number of hydrogen-bond acceptors (Lipinski definition) is 18. The summed E-state index contributed by atoms with van der Waals surface area (Å²) in [7, 11) is 0. The lowest BCUT2D eigenvalue weighted by atomic mass is 9.90. The van der Waals surface area contributed by atoms with E-state index in [0.717, 1.165) is 16.7 Å². The number of ether oxygens (including phenoxy) is 1. The molecule has 3 fully saturated rings. The van der Waals surface area contributed by atoms with Crippen molar-refractivity contribution in [1.82, 2.24) is 51.5 Å². The van der Waals surface area contributed by atoms with Crippen LogP contribution in [0.3, 0.4) is 0 Å². The molecule has 4 rings (SSSR count). The molecule has 8 amide bonds. The molecule has 0 spiro atoms. The van der Waals surface area contributed by atoms with Crippen LogP contribution in [-0.4, -0.2) is 228 Å². The average molecular weight is 1100 g/mol. The van der Waals surface area contributed by atoms with Crippen LogP contribution in [0.4, 0.5) is 0 Å². The summed E-state index contributed by atoms with van der Waals surface area (Å²) >= 11 is 0.980. The number of hydrogen-bond donors (Lipinski definition) is 10. The van der Waals surface area contributed by atoms with Crippen LogP contribution < -0.4 is 43.4 Å². The van der Waals surface area contributed by atoms with E-state index in [1.807, 2.05) is 9.80 Å². The number of carbonyl (C=O) groups is 12. The highest BCUT2D eigenvalue weighted by Gasteiger charge is 2.39. The van der Waals surface area contributed by atoms with Gasteiger partial charge in [-0.05, 0) is 44.1 Å². The SMILES string of the molecule is NC(N)=NCCC[C@@H]1NC(=O)[C@@H](CCCCNC(=O)CSC2CC(=O)N(CCNC(=O)CN3CCN(COC=O)CCN(CC(=O)O)CC3)C2=O)NC(=O)[C@H](Cc2ccccc2)CC(=O)[C@H](CC(=O)O)NC(=O)CNC1=O. The van der Waals surface area contributed by atoms with Crippen molar-refractivity contribution in [2.24, 2.45) is 22.4 Å². The van der Waals surface area contributed by atoms with Crippen molar-refractivity contribution in [3.8, 4) is 0 Å². The number of nitrogens with one attached hydrogen (secondary N) is 6. The van der Waals surface area contributed by atoms with Gasteiger partial charge in [0.15, 0.2) is 11.7 Å². The third-order valence-corrected chi connectivity index (χ3v) is 13.8. The zero-order chi connectivity index (χ0) is 56.3.